The van der Waals surface area contributed by atoms with Crippen LogP contribution in [-0.2, 0) is 0 Å². The first-order chi connectivity index (χ1) is 6.76. The average molecular weight is 198 g/mol. The lowest BCUT2D eigenvalue weighted by Crippen LogP contribution is -2.35. The first-order valence-electron chi connectivity index (χ1n) is 6.24. The highest BCUT2D eigenvalue weighted by Gasteiger charge is 2.19. The van der Waals surface area contributed by atoms with Gasteiger partial charge in [0.2, 0.25) is 0 Å². The van der Waals surface area contributed by atoms with Crippen LogP contribution < -0.4 is 5.73 Å². The van der Waals surface area contributed by atoms with Gasteiger partial charge in [0.25, 0.3) is 0 Å². The number of nitrogens with two attached hydrogens (primary N) is 1. The summed E-state index contributed by atoms with van der Waals surface area (Å²) in [6, 6.07) is 0.408. The topological polar surface area (TPSA) is 29.3 Å². The number of hydrogen-bond donors (Lipinski definition) is 1. The van der Waals surface area contributed by atoms with Crippen LogP contribution in [0.2, 0.25) is 0 Å². The third-order valence-corrected chi connectivity index (χ3v) is 3.53. The summed E-state index contributed by atoms with van der Waals surface area (Å²) in [5.41, 5.74) is 5.93. The van der Waals surface area contributed by atoms with Crippen molar-refractivity contribution in [1.82, 2.24) is 4.90 Å². The van der Waals surface area contributed by atoms with Crippen LogP contribution in [0.3, 0.4) is 0 Å². The Labute approximate surface area is 88.8 Å². The fourth-order valence-corrected chi connectivity index (χ4v) is 1.97. The smallest absolute Gasteiger partial charge is 0.00483 e. The monoisotopic (exact) mass is 198 g/mol. The Morgan fingerprint density at radius 3 is 2.50 bits per heavy atom. The van der Waals surface area contributed by atoms with E-state index < -0.39 is 0 Å². The van der Waals surface area contributed by atoms with Gasteiger partial charge in [-0.15, -0.1) is 0 Å². The second-order valence-electron chi connectivity index (χ2n) is 4.65. The van der Waals surface area contributed by atoms with E-state index in [1.165, 1.54) is 38.9 Å². The molecule has 2 heteroatoms. The predicted molar refractivity (Wildman–Crippen MR) is 62.3 cm³/mol. The molecule has 1 aliphatic rings. The molecule has 0 saturated heterocycles. The molecule has 0 amide bonds. The number of rotatable bonds is 7. The van der Waals surface area contributed by atoms with Crippen LogP contribution in [0.4, 0.5) is 0 Å². The van der Waals surface area contributed by atoms with E-state index in [1.54, 1.807) is 0 Å². The molecule has 0 aromatic rings. The minimum absolute atomic E-state index is 0.408. The van der Waals surface area contributed by atoms with Gasteiger partial charge in [0, 0.05) is 12.6 Å². The largest absolute Gasteiger partial charge is 0.328 e. The molecule has 0 radical (unpaired) electrons. The van der Waals surface area contributed by atoms with Crippen molar-refractivity contribution >= 4 is 0 Å². The number of hydrogen-bond acceptors (Lipinski definition) is 2. The number of nitrogens with zero attached hydrogens (tertiary/aromatic N) is 1. The highest BCUT2D eigenvalue weighted by atomic mass is 15.1. The molecule has 1 aliphatic carbocycles. The van der Waals surface area contributed by atoms with Crippen molar-refractivity contribution in [2.75, 3.05) is 19.6 Å². The molecule has 0 aromatic heterocycles. The minimum atomic E-state index is 0.408. The molecule has 0 spiro atoms. The van der Waals surface area contributed by atoms with Crippen LogP contribution in [0.15, 0.2) is 0 Å². The van der Waals surface area contributed by atoms with E-state index in [4.69, 9.17) is 5.73 Å². The summed E-state index contributed by atoms with van der Waals surface area (Å²) in [4.78, 5) is 2.57. The highest BCUT2D eigenvalue weighted by Crippen LogP contribution is 2.27. The summed E-state index contributed by atoms with van der Waals surface area (Å²) in [6.07, 6.45) is 6.64. The Hall–Kier alpha value is -0.0800. The molecule has 84 valence electrons. The van der Waals surface area contributed by atoms with Gasteiger partial charge in [0.15, 0.2) is 0 Å². The summed E-state index contributed by atoms with van der Waals surface area (Å²) in [5, 5.41) is 0. The molecular formula is C12H26N2. The summed E-state index contributed by atoms with van der Waals surface area (Å²) < 4.78 is 0. The van der Waals surface area contributed by atoms with Crippen LogP contribution in [0, 0.1) is 5.92 Å². The van der Waals surface area contributed by atoms with Crippen LogP contribution >= 0.6 is 0 Å². The Morgan fingerprint density at radius 2 is 2.07 bits per heavy atom. The van der Waals surface area contributed by atoms with E-state index in [0.717, 1.165) is 18.8 Å². The van der Waals surface area contributed by atoms with Crippen molar-refractivity contribution in [2.45, 2.75) is 52.0 Å². The normalized spacial score (nSPS) is 19.7. The van der Waals surface area contributed by atoms with Gasteiger partial charge in [0.1, 0.15) is 0 Å². The molecule has 0 heterocycles. The molecule has 1 fully saturated rings. The molecule has 1 rings (SSSR count). The molecule has 0 bridgehead atoms. The molecule has 1 unspecified atom stereocenters. The lowest BCUT2D eigenvalue weighted by molar-refractivity contribution is 0.179. The van der Waals surface area contributed by atoms with Gasteiger partial charge in [-0.1, -0.05) is 20.3 Å². The Morgan fingerprint density at radius 1 is 1.36 bits per heavy atom. The lowest BCUT2D eigenvalue weighted by Gasteiger charge is -2.32. The zero-order chi connectivity index (χ0) is 10.4. The van der Waals surface area contributed by atoms with E-state index in [2.05, 4.69) is 18.7 Å². The summed E-state index contributed by atoms with van der Waals surface area (Å²) >= 11 is 0. The molecular weight excluding hydrogens is 172 g/mol. The van der Waals surface area contributed by atoms with Gasteiger partial charge in [-0.3, -0.25) is 0 Å². The minimum Gasteiger partial charge on any atom is -0.328 e. The van der Waals surface area contributed by atoms with Crippen molar-refractivity contribution in [1.29, 1.82) is 0 Å². The second-order valence-corrected chi connectivity index (χ2v) is 4.65. The van der Waals surface area contributed by atoms with Crippen molar-refractivity contribution in [3.8, 4) is 0 Å². The molecule has 14 heavy (non-hydrogen) atoms. The van der Waals surface area contributed by atoms with Gasteiger partial charge in [-0.2, -0.15) is 0 Å². The highest BCUT2D eigenvalue weighted by molar-refractivity contribution is 4.74. The zero-order valence-electron chi connectivity index (χ0n) is 9.84. The fraction of sp³-hybridized carbons (Fsp3) is 1.00. The first kappa shape index (κ1) is 12.0. The fourth-order valence-electron chi connectivity index (χ4n) is 1.97. The third kappa shape index (κ3) is 3.97. The summed E-state index contributed by atoms with van der Waals surface area (Å²) in [6.45, 7) is 8.13. The van der Waals surface area contributed by atoms with Gasteiger partial charge in [-0.05, 0) is 44.7 Å². The quantitative estimate of drug-likeness (QED) is 0.680. The molecule has 2 N–H and O–H groups in total. The molecule has 2 nitrogen and oxygen atoms in total. The Kier molecular flexibility index (Phi) is 5.49. The van der Waals surface area contributed by atoms with E-state index in [1.807, 2.05) is 0 Å². The van der Waals surface area contributed by atoms with E-state index in [9.17, 15) is 0 Å². The van der Waals surface area contributed by atoms with Crippen molar-refractivity contribution in [3.05, 3.63) is 0 Å². The lowest BCUT2D eigenvalue weighted by atomic mass is 9.85. The van der Waals surface area contributed by atoms with Gasteiger partial charge in [0.05, 0.1) is 0 Å². The van der Waals surface area contributed by atoms with Crippen LogP contribution in [0.5, 0.6) is 0 Å². The molecule has 1 saturated carbocycles. The van der Waals surface area contributed by atoms with Crippen molar-refractivity contribution in [2.24, 2.45) is 11.7 Å². The van der Waals surface area contributed by atoms with Gasteiger partial charge < -0.3 is 10.6 Å². The third-order valence-electron chi connectivity index (χ3n) is 3.53. The Balaban J connectivity index is 2.10. The maximum absolute atomic E-state index is 5.93. The van der Waals surface area contributed by atoms with Gasteiger partial charge in [-0.25, -0.2) is 0 Å². The predicted octanol–water partition coefficient (Wildman–Crippen LogP) is 2.24. The van der Waals surface area contributed by atoms with Crippen molar-refractivity contribution < 1.29 is 0 Å². The summed E-state index contributed by atoms with van der Waals surface area (Å²) in [7, 11) is 0. The molecule has 1 atom stereocenters. The van der Waals surface area contributed by atoms with E-state index >= 15 is 0 Å². The van der Waals surface area contributed by atoms with Gasteiger partial charge >= 0.3 is 0 Å². The average Bonchev–Trinajstić information content (AvgIpc) is 2.15. The first-order valence-corrected chi connectivity index (χ1v) is 6.24. The molecule has 0 aliphatic heterocycles. The summed E-state index contributed by atoms with van der Waals surface area (Å²) in [5.74, 6) is 0.993. The second kappa shape index (κ2) is 6.41. The van der Waals surface area contributed by atoms with Crippen molar-refractivity contribution in [3.63, 3.8) is 0 Å². The maximum Gasteiger partial charge on any atom is 0.00483 e. The maximum atomic E-state index is 5.93. The van der Waals surface area contributed by atoms with Crippen LogP contribution in [0.25, 0.3) is 0 Å². The molecule has 0 aromatic carbocycles. The Bertz CT molecular complexity index is 143. The SMILES string of the molecule is CCC(N)CCN(CC)CC1CCC1. The van der Waals surface area contributed by atoms with E-state index in [0.29, 0.717) is 6.04 Å². The standard InChI is InChI=1S/C12H26N2/c1-3-12(13)8-9-14(4-2)10-11-6-5-7-11/h11-12H,3-10,13H2,1-2H3. The van der Waals surface area contributed by atoms with Crippen LogP contribution in [0.1, 0.15) is 46.0 Å². The van der Waals surface area contributed by atoms with Crippen LogP contribution in [-0.4, -0.2) is 30.6 Å². The van der Waals surface area contributed by atoms with E-state index in [-0.39, 0.29) is 0 Å². The zero-order valence-corrected chi connectivity index (χ0v) is 9.84.